The van der Waals surface area contributed by atoms with Gasteiger partial charge < -0.3 is 11.1 Å². The average molecular weight is 158 g/mol. The van der Waals surface area contributed by atoms with Crippen molar-refractivity contribution >= 4 is 17.3 Å². The van der Waals surface area contributed by atoms with Crippen LogP contribution >= 0.6 is 12.2 Å². The molecule has 1 aliphatic rings. The van der Waals surface area contributed by atoms with Crippen molar-refractivity contribution in [3.63, 3.8) is 0 Å². The van der Waals surface area contributed by atoms with E-state index in [1.54, 1.807) is 0 Å². The third-order valence-corrected chi connectivity index (χ3v) is 2.17. The smallest absolute Gasteiger partial charge is 0.163 e. The minimum atomic E-state index is 0.424. The van der Waals surface area contributed by atoms with Crippen molar-refractivity contribution in [3.8, 4) is 0 Å². The number of nitrogens with two attached hydrogens (primary N) is 1. The van der Waals surface area contributed by atoms with Gasteiger partial charge in [-0.05, 0) is 36.9 Å². The number of hydrogen-bond acceptors (Lipinski definition) is 1. The molecule has 0 aromatic rings. The zero-order chi connectivity index (χ0) is 7.56. The Morgan fingerprint density at radius 3 is 2.80 bits per heavy atom. The highest BCUT2D eigenvalue weighted by Gasteiger charge is 2.27. The summed E-state index contributed by atoms with van der Waals surface area (Å²) in [7, 11) is 0. The Balaban J connectivity index is 2.05. The Labute approximate surface area is 67.2 Å². The lowest BCUT2D eigenvalue weighted by Crippen LogP contribution is -2.33. The van der Waals surface area contributed by atoms with Gasteiger partial charge in [0.2, 0.25) is 0 Å². The molecule has 58 valence electrons. The van der Waals surface area contributed by atoms with Crippen LogP contribution in [0.5, 0.6) is 0 Å². The van der Waals surface area contributed by atoms with Crippen LogP contribution in [0.1, 0.15) is 19.8 Å². The van der Waals surface area contributed by atoms with Gasteiger partial charge in [0.1, 0.15) is 0 Å². The lowest BCUT2D eigenvalue weighted by atomic mass is 10.1. The third-order valence-electron chi connectivity index (χ3n) is 2.03. The van der Waals surface area contributed by atoms with Crippen LogP contribution in [0.2, 0.25) is 0 Å². The van der Waals surface area contributed by atoms with Crippen LogP contribution in [0.4, 0.5) is 0 Å². The Bertz CT molecular complexity index is 132. The van der Waals surface area contributed by atoms with E-state index in [4.69, 9.17) is 5.73 Å². The van der Waals surface area contributed by atoms with Crippen LogP contribution in [-0.2, 0) is 0 Å². The summed E-state index contributed by atoms with van der Waals surface area (Å²) in [6.07, 6.45) is 2.78. The molecule has 0 saturated heterocycles. The van der Waals surface area contributed by atoms with Crippen LogP contribution in [0.15, 0.2) is 0 Å². The number of nitrogens with one attached hydrogen (secondary N) is 1. The highest BCUT2D eigenvalue weighted by Crippen LogP contribution is 2.35. The summed E-state index contributed by atoms with van der Waals surface area (Å²) in [4.78, 5) is 0. The molecule has 1 saturated carbocycles. The Morgan fingerprint density at radius 1 is 1.80 bits per heavy atom. The van der Waals surface area contributed by atoms with Crippen LogP contribution in [0.25, 0.3) is 0 Å². The second kappa shape index (κ2) is 3.19. The number of thiocarbonyl (C=S) groups is 1. The minimum absolute atomic E-state index is 0.424. The Morgan fingerprint density at radius 2 is 2.40 bits per heavy atom. The molecule has 0 spiro atoms. The predicted octanol–water partition coefficient (Wildman–Crippen LogP) is 0.866. The monoisotopic (exact) mass is 158 g/mol. The molecule has 3 N–H and O–H groups in total. The van der Waals surface area contributed by atoms with Crippen molar-refractivity contribution in [2.75, 3.05) is 6.54 Å². The number of rotatable bonds is 3. The van der Waals surface area contributed by atoms with E-state index in [0.717, 1.165) is 18.4 Å². The second-order valence-electron chi connectivity index (χ2n) is 3.06. The fourth-order valence-corrected chi connectivity index (χ4v) is 1.18. The molecule has 0 radical (unpaired) electrons. The largest absolute Gasteiger partial charge is 0.376 e. The standard InChI is InChI=1S/C7H14N2S/c1-5(6-2-3-6)4-9-7(8)10/h5-6H,2-4H2,1H3,(H3,8,9,10). The first kappa shape index (κ1) is 7.79. The molecule has 3 heteroatoms. The van der Waals surface area contributed by atoms with Crippen molar-refractivity contribution in [1.29, 1.82) is 0 Å². The van der Waals surface area contributed by atoms with Crippen molar-refractivity contribution in [3.05, 3.63) is 0 Å². The normalized spacial score (nSPS) is 20.1. The van der Waals surface area contributed by atoms with Crippen LogP contribution in [0.3, 0.4) is 0 Å². The van der Waals surface area contributed by atoms with Gasteiger partial charge in [0.25, 0.3) is 0 Å². The molecule has 1 fully saturated rings. The summed E-state index contributed by atoms with van der Waals surface area (Å²) in [5.41, 5.74) is 5.28. The van der Waals surface area contributed by atoms with Gasteiger partial charge in [-0.15, -0.1) is 0 Å². The Kier molecular flexibility index (Phi) is 2.49. The molecule has 1 aliphatic carbocycles. The van der Waals surface area contributed by atoms with Crippen molar-refractivity contribution in [2.45, 2.75) is 19.8 Å². The molecule has 0 aromatic carbocycles. The first-order valence-corrected chi connectivity index (χ1v) is 4.14. The SMILES string of the molecule is CC(CNC(N)=S)C1CC1. The van der Waals surface area contributed by atoms with E-state index in [1.165, 1.54) is 12.8 Å². The van der Waals surface area contributed by atoms with E-state index in [2.05, 4.69) is 24.5 Å². The topological polar surface area (TPSA) is 38.0 Å². The second-order valence-corrected chi connectivity index (χ2v) is 3.50. The van der Waals surface area contributed by atoms with Gasteiger partial charge >= 0.3 is 0 Å². The van der Waals surface area contributed by atoms with Crippen LogP contribution in [-0.4, -0.2) is 11.7 Å². The fourth-order valence-electron chi connectivity index (χ4n) is 1.09. The van der Waals surface area contributed by atoms with E-state index in [9.17, 15) is 0 Å². The fraction of sp³-hybridized carbons (Fsp3) is 0.857. The molecule has 10 heavy (non-hydrogen) atoms. The predicted molar refractivity (Wildman–Crippen MR) is 46.7 cm³/mol. The lowest BCUT2D eigenvalue weighted by Gasteiger charge is -2.10. The van der Waals surface area contributed by atoms with Crippen LogP contribution in [0, 0.1) is 11.8 Å². The van der Waals surface area contributed by atoms with Gasteiger partial charge in [-0.1, -0.05) is 6.92 Å². The average Bonchev–Trinajstić information content (AvgIpc) is 2.63. The summed E-state index contributed by atoms with van der Waals surface area (Å²) in [6.45, 7) is 3.18. The third kappa shape index (κ3) is 2.52. The maximum atomic E-state index is 5.28. The quantitative estimate of drug-likeness (QED) is 0.598. The van der Waals surface area contributed by atoms with Gasteiger partial charge in [0.15, 0.2) is 5.11 Å². The van der Waals surface area contributed by atoms with Gasteiger partial charge in [0.05, 0.1) is 0 Å². The molecular formula is C7H14N2S. The molecule has 1 unspecified atom stereocenters. The molecule has 0 aliphatic heterocycles. The molecule has 0 aromatic heterocycles. The van der Waals surface area contributed by atoms with Gasteiger partial charge in [0, 0.05) is 6.54 Å². The van der Waals surface area contributed by atoms with Crippen molar-refractivity contribution in [1.82, 2.24) is 5.32 Å². The Hall–Kier alpha value is -0.310. The molecule has 1 rings (SSSR count). The first-order chi connectivity index (χ1) is 4.70. The molecular weight excluding hydrogens is 144 g/mol. The zero-order valence-electron chi connectivity index (χ0n) is 6.26. The molecule has 1 atom stereocenters. The zero-order valence-corrected chi connectivity index (χ0v) is 7.08. The number of hydrogen-bond donors (Lipinski definition) is 2. The van der Waals surface area contributed by atoms with Crippen LogP contribution < -0.4 is 11.1 Å². The highest BCUT2D eigenvalue weighted by atomic mass is 32.1. The maximum absolute atomic E-state index is 5.28. The van der Waals surface area contributed by atoms with E-state index in [1.807, 2.05) is 0 Å². The van der Waals surface area contributed by atoms with Gasteiger partial charge in [-0.3, -0.25) is 0 Å². The minimum Gasteiger partial charge on any atom is -0.376 e. The first-order valence-electron chi connectivity index (χ1n) is 3.73. The summed E-state index contributed by atoms with van der Waals surface area (Å²) >= 11 is 4.69. The van der Waals surface area contributed by atoms with E-state index < -0.39 is 0 Å². The molecule has 0 bridgehead atoms. The summed E-state index contributed by atoms with van der Waals surface area (Å²) < 4.78 is 0. The lowest BCUT2D eigenvalue weighted by molar-refractivity contribution is 0.500. The molecule has 0 heterocycles. The summed E-state index contributed by atoms with van der Waals surface area (Å²) in [6, 6.07) is 0. The summed E-state index contributed by atoms with van der Waals surface area (Å²) in [5, 5.41) is 3.40. The maximum Gasteiger partial charge on any atom is 0.163 e. The molecule has 0 amide bonds. The highest BCUT2D eigenvalue weighted by molar-refractivity contribution is 7.80. The van der Waals surface area contributed by atoms with Gasteiger partial charge in [-0.25, -0.2) is 0 Å². The van der Waals surface area contributed by atoms with E-state index in [-0.39, 0.29) is 0 Å². The summed E-state index contributed by atoms with van der Waals surface area (Å²) in [5.74, 6) is 1.67. The van der Waals surface area contributed by atoms with E-state index in [0.29, 0.717) is 5.11 Å². The van der Waals surface area contributed by atoms with Crippen molar-refractivity contribution < 1.29 is 0 Å². The van der Waals surface area contributed by atoms with Gasteiger partial charge in [-0.2, -0.15) is 0 Å². The van der Waals surface area contributed by atoms with E-state index >= 15 is 0 Å². The molecule has 2 nitrogen and oxygen atoms in total. The van der Waals surface area contributed by atoms with Crippen molar-refractivity contribution in [2.24, 2.45) is 17.6 Å².